The summed E-state index contributed by atoms with van der Waals surface area (Å²) < 4.78 is 10.9. The fraction of sp³-hybridized carbons (Fsp3) is 0.364. The average Bonchev–Trinajstić information content (AvgIpc) is 3.38. The molecular weight excluding hydrogens is 541 g/mol. The van der Waals surface area contributed by atoms with Crippen molar-refractivity contribution < 1.29 is 13.9 Å². The minimum Gasteiger partial charge on any atom is -0.462 e. The summed E-state index contributed by atoms with van der Waals surface area (Å²) in [6, 6.07) is 7.95. The van der Waals surface area contributed by atoms with Crippen molar-refractivity contribution in [3.05, 3.63) is 57.5 Å². The molecule has 32 heavy (non-hydrogen) atoms. The summed E-state index contributed by atoms with van der Waals surface area (Å²) in [5.74, 6) is 1.51. The number of benzene rings is 1. The number of nitrogens with one attached hydrogen (secondary N) is 2. The van der Waals surface area contributed by atoms with Gasteiger partial charge in [-0.15, -0.1) is 35.3 Å². The summed E-state index contributed by atoms with van der Waals surface area (Å²) in [5, 5.41) is 7.25. The molecule has 0 aliphatic carbocycles. The van der Waals surface area contributed by atoms with Gasteiger partial charge in [0.05, 0.1) is 31.1 Å². The summed E-state index contributed by atoms with van der Waals surface area (Å²) in [4.78, 5) is 25.6. The van der Waals surface area contributed by atoms with E-state index in [1.807, 2.05) is 38.1 Å². The molecule has 1 unspecified atom stereocenters. The lowest BCUT2D eigenvalue weighted by Gasteiger charge is -2.15. The fourth-order valence-corrected chi connectivity index (χ4v) is 3.82. The van der Waals surface area contributed by atoms with Gasteiger partial charge < -0.3 is 19.8 Å². The first-order chi connectivity index (χ1) is 14.9. The van der Waals surface area contributed by atoms with E-state index in [-0.39, 0.29) is 36.0 Å². The number of nitrogens with zero attached hydrogens (tertiary/aromatic N) is 3. The lowest BCUT2D eigenvalue weighted by atomic mass is 10.1. The van der Waals surface area contributed by atoms with Gasteiger partial charge in [0, 0.05) is 12.6 Å². The Hall–Kier alpha value is -2.47. The summed E-state index contributed by atoms with van der Waals surface area (Å²) in [6.07, 6.45) is 1.72. The molecule has 0 amide bonds. The molecule has 2 heterocycles. The highest BCUT2D eigenvalue weighted by Crippen LogP contribution is 2.24. The molecule has 0 radical (unpaired) electrons. The second kappa shape index (κ2) is 12.0. The number of carbonyl (C=O) groups is 1. The molecule has 0 aliphatic rings. The summed E-state index contributed by atoms with van der Waals surface area (Å²) in [5.41, 5.74) is 2.84. The third-order valence-electron chi connectivity index (χ3n) is 4.52. The number of ether oxygens (including phenoxy) is 1. The molecule has 2 aromatic heterocycles. The van der Waals surface area contributed by atoms with Crippen LogP contribution in [0.3, 0.4) is 0 Å². The molecule has 1 atom stereocenters. The molecule has 8 nitrogen and oxygen atoms in total. The Morgan fingerprint density at radius 2 is 2.00 bits per heavy atom. The van der Waals surface area contributed by atoms with Gasteiger partial charge in [-0.05, 0) is 27.7 Å². The van der Waals surface area contributed by atoms with Gasteiger partial charge in [0.15, 0.2) is 11.7 Å². The Kier molecular flexibility index (Phi) is 9.63. The molecular formula is C22H28IN5O3S. The highest BCUT2D eigenvalue weighted by atomic mass is 127. The van der Waals surface area contributed by atoms with Crippen LogP contribution in [0.2, 0.25) is 0 Å². The zero-order valence-electron chi connectivity index (χ0n) is 18.8. The number of guanidine groups is 1. The zero-order valence-corrected chi connectivity index (χ0v) is 21.9. The summed E-state index contributed by atoms with van der Waals surface area (Å²) >= 11 is 1.32. The van der Waals surface area contributed by atoms with E-state index >= 15 is 0 Å². The topological polar surface area (TPSA) is 102 Å². The number of carbonyl (C=O) groups excluding carboxylic acids is 1. The van der Waals surface area contributed by atoms with Crippen molar-refractivity contribution in [2.45, 2.75) is 40.3 Å². The fourth-order valence-electron chi connectivity index (χ4n) is 2.85. The van der Waals surface area contributed by atoms with Crippen LogP contribution >= 0.6 is 35.3 Å². The van der Waals surface area contributed by atoms with Crippen LogP contribution in [0.15, 0.2) is 39.9 Å². The van der Waals surface area contributed by atoms with Crippen LogP contribution in [0.4, 0.5) is 0 Å². The number of hydrogen-bond donors (Lipinski definition) is 2. The van der Waals surface area contributed by atoms with E-state index in [0.29, 0.717) is 35.6 Å². The molecule has 1 aromatic carbocycles. The maximum Gasteiger partial charge on any atom is 0.350 e. The van der Waals surface area contributed by atoms with Crippen LogP contribution < -0.4 is 10.6 Å². The number of aryl methyl sites for hydroxylation is 2. The number of oxazole rings is 1. The molecule has 2 N–H and O–H groups in total. The third kappa shape index (κ3) is 6.52. The quantitative estimate of drug-likeness (QED) is 0.185. The minimum absolute atomic E-state index is 0. The van der Waals surface area contributed by atoms with Crippen molar-refractivity contribution in [2.24, 2.45) is 4.99 Å². The maximum atomic E-state index is 12.0. The molecule has 3 rings (SSSR count). The SMILES string of the molecule is CCOC(=O)c1sc(C(C)NC(=NC)NCc2ncc(-c3ccc(C)cc3)o2)nc1C.I. The number of rotatable bonds is 7. The molecule has 0 spiro atoms. The molecule has 172 valence electrons. The van der Waals surface area contributed by atoms with Crippen molar-refractivity contribution in [1.82, 2.24) is 20.6 Å². The lowest BCUT2D eigenvalue weighted by molar-refractivity contribution is 0.0531. The number of esters is 1. The van der Waals surface area contributed by atoms with E-state index in [1.165, 1.54) is 16.9 Å². The van der Waals surface area contributed by atoms with Gasteiger partial charge >= 0.3 is 5.97 Å². The lowest BCUT2D eigenvalue weighted by Crippen LogP contribution is -2.38. The molecule has 0 saturated carbocycles. The number of aliphatic imine (C=N–C) groups is 1. The van der Waals surface area contributed by atoms with Crippen LogP contribution in [0.5, 0.6) is 0 Å². The molecule has 10 heteroatoms. The van der Waals surface area contributed by atoms with Crippen LogP contribution in [0, 0.1) is 13.8 Å². The Morgan fingerprint density at radius 3 is 2.66 bits per heavy atom. The molecule has 0 fully saturated rings. The van der Waals surface area contributed by atoms with Crippen LogP contribution in [-0.2, 0) is 11.3 Å². The highest BCUT2D eigenvalue weighted by molar-refractivity contribution is 14.0. The predicted octanol–water partition coefficient (Wildman–Crippen LogP) is 4.64. The Bertz CT molecular complexity index is 1060. The van der Waals surface area contributed by atoms with Crippen LogP contribution in [0.25, 0.3) is 11.3 Å². The number of aromatic nitrogens is 2. The first kappa shape index (κ1) is 25.8. The minimum atomic E-state index is -0.341. The summed E-state index contributed by atoms with van der Waals surface area (Å²) in [6.45, 7) is 8.31. The Labute approximate surface area is 208 Å². The van der Waals surface area contributed by atoms with E-state index < -0.39 is 0 Å². The van der Waals surface area contributed by atoms with Gasteiger partial charge in [-0.2, -0.15) is 0 Å². The van der Waals surface area contributed by atoms with E-state index in [9.17, 15) is 4.79 Å². The Morgan fingerprint density at radius 1 is 1.28 bits per heavy atom. The molecule has 0 aliphatic heterocycles. The number of thiazole rings is 1. The van der Waals surface area contributed by atoms with Crippen LogP contribution in [0.1, 0.15) is 51.7 Å². The van der Waals surface area contributed by atoms with Crippen molar-refractivity contribution in [1.29, 1.82) is 0 Å². The van der Waals surface area contributed by atoms with Crippen molar-refractivity contribution >= 4 is 47.2 Å². The third-order valence-corrected chi connectivity index (χ3v) is 5.84. The number of halogens is 1. The Balaban J connectivity index is 0.00000363. The second-order valence-electron chi connectivity index (χ2n) is 6.96. The van der Waals surface area contributed by atoms with Crippen molar-refractivity contribution in [3.63, 3.8) is 0 Å². The predicted molar refractivity (Wildman–Crippen MR) is 137 cm³/mol. The first-order valence-electron chi connectivity index (χ1n) is 10.0. The second-order valence-corrected chi connectivity index (χ2v) is 7.99. The normalized spacial score (nSPS) is 12.1. The first-order valence-corrected chi connectivity index (χ1v) is 10.9. The zero-order chi connectivity index (χ0) is 22.4. The smallest absolute Gasteiger partial charge is 0.350 e. The van der Waals surface area contributed by atoms with Gasteiger partial charge in [0.2, 0.25) is 5.89 Å². The number of hydrogen-bond acceptors (Lipinski definition) is 7. The van der Waals surface area contributed by atoms with Crippen LogP contribution in [-0.4, -0.2) is 35.6 Å². The van der Waals surface area contributed by atoms with Gasteiger partial charge in [-0.1, -0.05) is 29.8 Å². The van der Waals surface area contributed by atoms with E-state index in [1.54, 1.807) is 27.1 Å². The van der Waals surface area contributed by atoms with Crippen molar-refractivity contribution in [2.75, 3.05) is 13.7 Å². The largest absolute Gasteiger partial charge is 0.462 e. The molecule has 3 aromatic rings. The standard InChI is InChI=1S/C22H27N5O3S.HI/c1-6-29-21(28)19-14(3)26-20(31-19)15(4)27-22(23-5)25-12-18-24-11-17(30-18)16-9-7-13(2)8-10-16;/h7-11,15H,6,12H2,1-5H3,(H2,23,25,27);1H. The van der Waals surface area contributed by atoms with Crippen molar-refractivity contribution in [3.8, 4) is 11.3 Å². The van der Waals surface area contributed by atoms with E-state index in [2.05, 4.69) is 25.6 Å². The molecule has 0 saturated heterocycles. The van der Waals surface area contributed by atoms with Gasteiger partial charge in [-0.25, -0.2) is 14.8 Å². The van der Waals surface area contributed by atoms with E-state index in [4.69, 9.17) is 9.15 Å². The van der Waals surface area contributed by atoms with Gasteiger partial charge in [0.1, 0.15) is 9.88 Å². The van der Waals surface area contributed by atoms with Gasteiger partial charge in [0.25, 0.3) is 0 Å². The summed E-state index contributed by atoms with van der Waals surface area (Å²) in [7, 11) is 1.69. The van der Waals surface area contributed by atoms with Gasteiger partial charge in [-0.3, -0.25) is 4.99 Å². The average molecular weight is 569 g/mol. The van der Waals surface area contributed by atoms with E-state index in [0.717, 1.165) is 16.3 Å². The molecule has 0 bridgehead atoms. The maximum absolute atomic E-state index is 12.0. The highest BCUT2D eigenvalue weighted by Gasteiger charge is 2.20. The monoisotopic (exact) mass is 569 g/mol.